The third-order valence-corrected chi connectivity index (χ3v) is 2.77. The number of anilines is 1. The fourth-order valence-electron chi connectivity index (χ4n) is 1.95. The van der Waals surface area contributed by atoms with Gasteiger partial charge in [-0.15, -0.1) is 0 Å². The van der Waals surface area contributed by atoms with Gasteiger partial charge in [-0.05, 0) is 44.5 Å². The summed E-state index contributed by atoms with van der Waals surface area (Å²) in [6.07, 6.45) is 2.82. The summed E-state index contributed by atoms with van der Waals surface area (Å²) in [4.78, 5) is 12.9. The van der Waals surface area contributed by atoms with Crippen LogP contribution in [0.4, 0.5) is 5.69 Å². The fourth-order valence-corrected chi connectivity index (χ4v) is 1.95. The van der Waals surface area contributed by atoms with Crippen molar-refractivity contribution in [2.75, 3.05) is 18.0 Å². The number of nitrogens with zero attached hydrogens (tertiary/aromatic N) is 1. The topological polar surface area (TPSA) is 40.5 Å². The van der Waals surface area contributed by atoms with Gasteiger partial charge in [-0.1, -0.05) is 23.8 Å². The molecule has 0 fully saturated rings. The van der Waals surface area contributed by atoms with Crippen molar-refractivity contribution in [2.24, 2.45) is 0 Å². The van der Waals surface area contributed by atoms with E-state index in [1.54, 1.807) is 6.08 Å². The molecule has 0 aliphatic heterocycles. The number of carboxylic acids is 1. The molecule has 0 spiro atoms. The first-order chi connectivity index (χ1) is 8.93. The standard InChI is InChI=1S/C16H21NO2/c1-5-17(11-12(2)3)15-8-6-13(4)10-14(15)7-9-16(18)19/h6-10H,2,5,11H2,1,3-4H3,(H,18,19)/b9-7+. The lowest BCUT2D eigenvalue weighted by atomic mass is 10.1. The van der Waals surface area contributed by atoms with E-state index in [-0.39, 0.29) is 0 Å². The zero-order valence-corrected chi connectivity index (χ0v) is 11.8. The Hall–Kier alpha value is -2.03. The molecule has 1 N–H and O–H groups in total. The number of rotatable bonds is 6. The van der Waals surface area contributed by atoms with E-state index < -0.39 is 5.97 Å². The lowest BCUT2D eigenvalue weighted by molar-refractivity contribution is -0.131. The molecule has 0 heterocycles. The monoisotopic (exact) mass is 259 g/mol. The van der Waals surface area contributed by atoms with Crippen molar-refractivity contribution < 1.29 is 9.90 Å². The third-order valence-electron chi connectivity index (χ3n) is 2.77. The van der Waals surface area contributed by atoms with Crippen LogP contribution in [-0.2, 0) is 4.79 Å². The van der Waals surface area contributed by atoms with Crippen LogP contribution in [0.15, 0.2) is 36.4 Å². The van der Waals surface area contributed by atoms with Crippen molar-refractivity contribution in [1.29, 1.82) is 0 Å². The zero-order chi connectivity index (χ0) is 14.4. The molecule has 1 aromatic rings. The normalized spacial score (nSPS) is 10.7. The molecule has 3 heteroatoms. The van der Waals surface area contributed by atoms with Gasteiger partial charge < -0.3 is 10.0 Å². The predicted octanol–water partition coefficient (Wildman–Crippen LogP) is 3.50. The van der Waals surface area contributed by atoms with Gasteiger partial charge in [0.15, 0.2) is 0 Å². The maximum Gasteiger partial charge on any atom is 0.328 e. The second-order valence-corrected chi connectivity index (χ2v) is 4.71. The SMILES string of the molecule is C=C(C)CN(CC)c1ccc(C)cc1/C=C/C(=O)O. The van der Waals surface area contributed by atoms with E-state index in [4.69, 9.17) is 5.11 Å². The van der Waals surface area contributed by atoms with Gasteiger partial charge in [0, 0.05) is 24.9 Å². The van der Waals surface area contributed by atoms with E-state index in [1.807, 2.05) is 32.0 Å². The van der Waals surface area contributed by atoms with Gasteiger partial charge >= 0.3 is 5.97 Å². The minimum absolute atomic E-state index is 0.771. The average molecular weight is 259 g/mol. The lowest BCUT2D eigenvalue weighted by Crippen LogP contribution is -2.25. The van der Waals surface area contributed by atoms with Crippen LogP contribution >= 0.6 is 0 Å². The van der Waals surface area contributed by atoms with Crippen molar-refractivity contribution in [2.45, 2.75) is 20.8 Å². The highest BCUT2D eigenvalue weighted by molar-refractivity contribution is 5.87. The van der Waals surface area contributed by atoms with Crippen molar-refractivity contribution >= 4 is 17.7 Å². The van der Waals surface area contributed by atoms with E-state index >= 15 is 0 Å². The first-order valence-electron chi connectivity index (χ1n) is 6.35. The summed E-state index contributed by atoms with van der Waals surface area (Å²) in [5.41, 5.74) is 4.15. The third kappa shape index (κ3) is 4.62. The van der Waals surface area contributed by atoms with Crippen LogP contribution in [0.2, 0.25) is 0 Å². The summed E-state index contributed by atoms with van der Waals surface area (Å²) in [6, 6.07) is 6.06. The van der Waals surface area contributed by atoms with Crippen LogP contribution in [-0.4, -0.2) is 24.2 Å². The summed E-state index contributed by atoms with van der Waals surface area (Å²) in [6.45, 7) is 11.6. The quantitative estimate of drug-likeness (QED) is 0.628. The molecule has 102 valence electrons. The molecule has 3 nitrogen and oxygen atoms in total. The first-order valence-corrected chi connectivity index (χ1v) is 6.35. The second-order valence-electron chi connectivity index (χ2n) is 4.71. The van der Waals surface area contributed by atoms with Gasteiger partial charge in [-0.2, -0.15) is 0 Å². The maximum atomic E-state index is 10.7. The molecule has 0 aliphatic rings. The van der Waals surface area contributed by atoms with E-state index in [0.717, 1.165) is 35.5 Å². The molecule has 0 amide bonds. The molecular weight excluding hydrogens is 238 g/mol. The van der Waals surface area contributed by atoms with Gasteiger partial charge in [0.25, 0.3) is 0 Å². The van der Waals surface area contributed by atoms with Crippen LogP contribution in [0.1, 0.15) is 25.0 Å². The number of benzene rings is 1. The summed E-state index contributed by atoms with van der Waals surface area (Å²) in [5, 5.41) is 8.76. The van der Waals surface area contributed by atoms with E-state index in [9.17, 15) is 4.79 Å². The molecule has 0 aliphatic carbocycles. The van der Waals surface area contributed by atoms with Crippen LogP contribution in [0.3, 0.4) is 0 Å². The molecule has 0 bridgehead atoms. The Bertz CT molecular complexity index is 503. The maximum absolute atomic E-state index is 10.7. The Labute approximate surface area is 114 Å². The van der Waals surface area contributed by atoms with E-state index in [0.29, 0.717) is 0 Å². The number of aliphatic carboxylic acids is 1. The Balaban J connectivity index is 3.17. The molecule has 0 saturated heterocycles. The van der Waals surface area contributed by atoms with Gasteiger partial charge in [0.1, 0.15) is 0 Å². The highest BCUT2D eigenvalue weighted by Gasteiger charge is 2.08. The van der Waals surface area contributed by atoms with Crippen LogP contribution in [0.25, 0.3) is 6.08 Å². The number of carbonyl (C=O) groups is 1. The molecule has 1 rings (SSSR count). The highest BCUT2D eigenvalue weighted by Crippen LogP contribution is 2.24. The highest BCUT2D eigenvalue weighted by atomic mass is 16.4. The van der Waals surface area contributed by atoms with Crippen LogP contribution in [0.5, 0.6) is 0 Å². The summed E-state index contributed by atoms with van der Waals surface area (Å²) in [5.74, 6) is -0.935. The predicted molar refractivity (Wildman–Crippen MR) is 80.5 cm³/mol. The molecule has 0 radical (unpaired) electrons. The Morgan fingerprint density at radius 3 is 2.68 bits per heavy atom. The summed E-state index contributed by atoms with van der Waals surface area (Å²) >= 11 is 0. The number of aryl methyl sites for hydroxylation is 1. The number of hydrogen-bond acceptors (Lipinski definition) is 2. The zero-order valence-electron chi connectivity index (χ0n) is 11.8. The number of carboxylic acid groups (broad SMARTS) is 1. The van der Waals surface area contributed by atoms with Crippen LogP contribution < -0.4 is 4.90 Å². The van der Waals surface area contributed by atoms with Crippen molar-refractivity contribution in [3.05, 3.63) is 47.6 Å². The van der Waals surface area contributed by atoms with Gasteiger partial charge in [0.05, 0.1) is 0 Å². The van der Waals surface area contributed by atoms with Gasteiger partial charge in [-0.3, -0.25) is 0 Å². The summed E-state index contributed by atoms with van der Waals surface area (Å²) < 4.78 is 0. The molecule has 0 unspecified atom stereocenters. The minimum Gasteiger partial charge on any atom is -0.478 e. The fraction of sp³-hybridized carbons (Fsp3) is 0.312. The van der Waals surface area contributed by atoms with Gasteiger partial charge in [0.2, 0.25) is 0 Å². The summed E-state index contributed by atoms with van der Waals surface area (Å²) in [7, 11) is 0. The van der Waals surface area contributed by atoms with Crippen molar-refractivity contribution in [3.63, 3.8) is 0 Å². The van der Waals surface area contributed by atoms with Crippen LogP contribution in [0, 0.1) is 6.92 Å². The minimum atomic E-state index is -0.935. The van der Waals surface area contributed by atoms with E-state index in [2.05, 4.69) is 18.4 Å². The Morgan fingerprint density at radius 2 is 2.16 bits per heavy atom. The van der Waals surface area contributed by atoms with Crippen molar-refractivity contribution in [1.82, 2.24) is 0 Å². The first kappa shape index (κ1) is 15.0. The molecular formula is C16H21NO2. The second kappa shape index (κ2) is 6.78. The molecule has 0 saturated carbocycles. The molecule has 1 aromatic carbocycles. The van der Waals surface area contributed by atoms with Gasteiger partial charge in [-0.25, -0.2) is 4.79 Å². The van der Waals surface area contributed by atoms with E-state index in [1.165, 1.54) is 6.08 Å². The van der Waals surface area contributed by atoms with Crippen molar-refractivity contribution in [3.8, 4) is 0 Å². The number of likely N-dealkylation sites (N-methyl/N-ethyl adjacent to an activating group) is 1. The lowest BCUT2D eigenvalue weighted by Gasteiger charge is -2.25. The smallest absolute Gasteiger partial charge is 0.328 e. The average Bonchev–Trinajstić information content (AvgIpc) is 2.33. The molecule has 0 aromatic heterocycles. The molecule has 0 atom stereocenters. The number of hydrogen-bond donors (Lipinski definition) is 1. The Kier molecular flexibility index (Phi) is 5.37. The Morgan fingerprint density at radius 1 is 1.47 bits per heavy atom. The largest absolute Gasteiger partial charge is 0.478 e. The molecule has 19 heavy (non-hydrogen) atoms.